The zero-order valence-corrected chi connectivity index (χ0v) is 15.5. The van der Waals surface area contributed by atoms with Crippen LogP contribution in [-0.4, -0.2) is 30.7 Å². The molecular weight excluding hydrogens is 364 g/mol. The molecule has 0 unspecified atom stereocenters. The number of amides is 1. The van der Waals surface area contributed by atoms with Crippen molar-refractivity contribution in [3.63, 3.8) is 0 Å². The van der Waals surface area contributed by atoms with Gasteiger partial charge in [0.25, 0.3) is 15.9 Å². The average molecular weight is 382 g/mol. The second-order valence-electron chi connectivity index (χ2n) is 6.31. The number of sulfonamides is 1. The molecule has 138 valence electrons. The molecular formula is C19H18N4O3S. The lowest BCUT2D eigenvalue weighted by Gasteiger charge is -2.19. The minimum Gasteiger partial charge on any atom is -0.305 e. The molecule has 4 rings (SSSR count). The number of carbonyl (C=O) groups is 1. The van der Waals surface area contributed by atoms with Gasteiger partial charge in [0.2, 0.25) is 0 Å². The number of anilines is 2. The van der Waals surface area contributed by atoms with Crippen LogP contribution in [0.15, 0.2) is 65.7 Å². The van der Waals surface area contributed by atoms with E-state index in [4.69, 9.17) is 0 Å². The molecule has 7 nitrogen and oxygen atoms in total. The van der Waals surface area contributed by atoms with E-state index in [2.05, 4.69) is 10.4 Å². The Morgan fingerprint density at radius 3 is 2.70 bits per heavy atom. The molecule has 0 saturated heterocycles. The van der Waals surface area contributed by atoms with Gasteiger partial charge in [-0.25, -0.2) is 8.42 Å². The third-order valence-corrected chi connectivity index (χ3v) is 6.29. The third kappa shape index (κ3) is 3.19. The minimum absolute atomic E-state index is 0.0906. The summed E-state index contributed by atoms with van der Waals surface area (Å²) >= 11 is 0. The Morgan fingerprint density at radius 2 is 1.93 bits per heavy atom. The van der Waals surface area contributed by atoms with Crippen LogP contribution in [-0.2, 0) is 23.5 Å². The number of aromatic nitrogens is 2. The number of fused-ring (bicyclic) bond motifs is 1. The maximum absolute atomic E-state index is 13.1. The Hall–Kier alpha value is -3.13. The summed E-state index contributed by atoms with van der Waals surface area (Å²) in [5, 5.41) is 6.76. The van der Waals surface area contributed by atoms with Crippen molar-refractivity contribution in [2.24, 2.45) is 7.05 Å². The van der Waals surface area contributed by atoms with Crippen molar-refractivity contribution in [1.82, 2.24) is 9.78 Å². The van der Waals surface area contributed by atoms with Crippen LogP contribution < -0.4 is 9.62 Å². The fourth-order valence-corrected chi connectivity index (χ4v) is 4.70. The lowest BCUT2D eigenvalue weighted by atomic mass is 10.2. The molecule has 0 bridgehead atoms. The number of para-hydroxylation sites is 1. The summed E-state index contributed by atoms with van der Waals surface area (Å²) in [6, 6.07) is 15.2. The Labute approximate surface area is 157 Å². The summed E-state index contributed by atoms with van der Waals surface area (Å²) < 4.78 is 29.2. The molecule has 0 spiro atoms. The fourth-order valence-electron chi connectivity index (χ4n) is 3.15. The molecule has 3 aromatic rings. The van der Waals surface area contributed by atoms with Gasteiger partial charge < -0.3 is 5.32 Å². The van der Waals surface area contributed by atoms with Gasteiger partial charge in [0.15, 0.2) is 5.82 Å². The van der Waals surface area contributed by atoms with Crippen LogP contribution in [0.2, 0.25) is 0 Å². The number of carbonyl (C=O) groups excluding carboxylic acids is 1. The van der Waals surface area contributed by atoms with Gasteiger partial charge in [-0.15, -0.1) is 0 Å². The predicted octanol–water partition coefficient (Wildman–Crippen LogP) is 2.42. The lowest BCUT2D eigenvalue weighted by molar-refractivity contribution is 0.102. The molecule has 1 amide bonds. The largest absolute Gasteiger partial charge is 0.305 e. The van der Waals surface area contributed by atoms with Crippen LogP contribution in [0.5, 0.6) is 0 Å². The topological polar surface area (TPSA) is 84.3 Å². The van der Waals surface area contributed by atoms with Gasteiger partial charge in [-0.3, -0.25) is 13.8 Å². The monoisotopic (exact) mass is 382 g/mol. The molecule has 0 saturated carbocycles. The second-order valence-corrected chi connectivity index (χ2v) is 8.17. The Kier molecular flexibility index (Phi) is 4.19. The first-order chi connectivity index (χ1) is 12.9. The number of benzene rings is 2. The van der Waals surface area contributed by atoms with Crippen molar-refractivity contribution < 1.29 is 13.2 Å². The molecule has 27 heavy (non-hydrogen) atoms. The molecule has 0 radical (unpaired) electrons. The molecule has 1 aliphatic heterocycles. The highest BCUT2D eigenvalue weighted by atomic mass is 32.2. The summed E-state index contributed by atoms with van der Waals surface area (Å²) in [6.45, 7) is 0.395. The summed E-state index contributed by atoms with van der Waals surface area (Å²) in [7, 11) is -2.00. The highest BCUT2D eigenvalue weighted by Gasteiger charge is 2.30. The average Bonchev–Trinajstić information content (AvgIpc) is 3.28. The molecule has 0 atom stereocenters. The number of nitrogens with one attached hydrogen (secondary N) is 1. The highest BCUT2D eigenvalue weighted by molar-refractivity contribution is 7.92. The first kappa shape index (κ1) is 17.3. The van der Waals surface area contributed by atoms with Gasteiger partial charge in [-0.1, -0.05) is 24.3 Å². The van der Waals surface area contributed by atoms with Crippen LogP contribution in [0.4, 0.5) is 11.5 Å². The van der Waals surface area contributed by atoms with Crippen molar-refractivity contribution in [2.45, 2.75) is 11.3 Å². The third-order valence-electron chi connectivity index (χ3n) is 4.48. The van der Waals surface area contributed by atoms with E-state index >= 15 is 0 Å². The van der Waals surface area contributed by atoms with E-state index in [0.29, 0.717) is 24.5 Å². The number of nitrogens with zero attached hydrogens (tertiary/aromatic N) is 3. The predicted molar refractivity (Wildman–Crippen MR) is 102 cm³/mol. The van der Waals surface area contributed by atoms with Crippen LogP contribution in [0, 0.1) is 0 Å². The van der Waals surface area contributed by atoms with Crippen LogP contribution in [0.25, 0.3) is 0 Å². The van der Waals surface area contributed by atoms with Crippen molar-refractivity contribution in [2.75, 3.05) is 16.2 Å². The number of rotatable bonds is 4. The van der Waals surface area contributed by atoms with Gasteiger partial charge in [-0.05, 0) is 36.2 Å². The summed E-state index contributed by atoms with van der Waals surface area (Å²) in [6.07, 6.45) is 2.39. The number of hydrogen-bond donors (Lipinski definition) is 1. The summed E-state index contributed by atoms with van der Waals surface area (Å²) in [5.74, 6) is -0.00296. The maximum Gasteiger partial charge on any atom is 0.264 e. The van der Waals surface area contributed by atoms with Gasteiger partial charge in [0.05, 0.1) is 10.6 Å². The molecule has 8 heteroatoms. The van der Waals surface area contributed by atoms with E-state index in [9.17, 15) is 13.2 Å². The zero-order valence-electron chi connectivity index (χ0n) is 14.7. The normalized spacial score (nSPS) is 13.4. The van der Waals surface area contributed by atoms with Crippen LogP contribution >= 0.6 is 0 Å². The van der Waals surface area contributed by atoms with Crippen molar-refractivity contribution in [3.05, 3.63) is 71.9 Å². The second kappa shape index (κ2) is 6.55. The van der Waals surface area contributed by atoms with E-state index in [1.54, 1.807) is 42.2 Å². The Balaban J connectivity index is 1.63. The molecule has 1 aromatic heterocycles. The lowest BCUT2D eigenvalue weighted by Crippen LogP contribution is -2.29. The maximum atomic E-state index is 13.1. The Morgan fingerprint density at radius 1 is 1.11 bits per heavy atom. The molecule has 1 N–H and O–H groups in total. The van der Waals surface area contributed by atoms with Crippen molar-refractivity contribution in [3.8, 4) is 0 Å². The van der Waals surface area contributed by atoms with E-state index in [1.807, 2.05) is 18.2 Å². The van der Waals surface area contributed by atoms with Crippen LogP contribution in [0.3, 0.4) is 0 Å². The van der Waals surface area contributed by atoms with E-state index in [0.717, 1.165) is 5.56 Å². The fraction of sp³-hybridized carbons (Fsp3) is 0.158. The van der Waals surface area contributed by atoms with Crippen LogP contribution in [0.1, 0.15) is 15.9 Å². The number of hydrogen-bond acceptors (Lipinski definition) is 4. The molecule has 2 aromatic carbocycles. The first-order valence-electron chi connectivity index (χ1n) is 8.47. The van der Waals surface area contributed by atoms with Crippen molar-refractivity contribution in [1.29, 1.82) is 0 Å². The first-order valence-corrected chi connectivity index (χ1v) is 9.91. The highest BCUT2D eigenvalue weighted by Crippen LogP contribution is 2.32. The van der Waals surface area contributed by atoms with Gasteiger partial charge in [0, 0.05) is 31.4 Å². The quantitative estimate of drug-likeness (QED) is 0.751. The van der Waals surface area contributed by atoms with Crippen molar-refractivity contribution >= 4 is 27.4 Å². The summed E-state index contributed by atoms with van der Waals surface area (Å²) in [5.41, 5.74) is 1.96. The van der Waals surface area contributed by atoms with E-state index < -0.39 is 15.9 Å². The standard InChI is InChI=1S/C19H18N4O3S/c1-22-11-10-18(21-22)20-19(24)15-6-4-7-16(13-15)27(25,26)23-12-9-14-5-2-3-8-17(14)23/h2-8,10-11,13H,9,12H2,1H3,(H,20,21,24). The van der Waals surface area contributed by atoms with E-state index in [-0.39, 0.29) is 10.5 Å². The molecule has 1 aliphatic rings. The van der Waals surface area contributed by atoms with Gasteiger partial charge in [0.1, 0.15) is 0 Å². The smallest absolute Gasteiger partial charge is 0.264 e. The molecule has 2 heterocycles. The molecule has 0 fully saturated rings. The van der Waals surface area contributed by atoms with Gasteiger partial charge >= 0.3 is 0 Å². The minimum atomic E-state index is -3.74. The molecule has 0 aliphatic carbocycles. The SMILES string of the molecule is Cn1ccc(NC(=O)c2cccc(S(=O)(=O)N3CCc4ccccc43)c2)n1. The summed E-state index contributed by atoms with van der Waals surface area (Å²) in [4.78, 5) is 12.5. The van der Waals surface area contributed by atoms with Gasteiger partial charge in [-0.2, -0.15) is 5.10 Å². The Bertz CT molecular complexity index is 1120. The number of aryl methyl sites for hydroxylation is 1. The van der Waals surface area contributed by atoms with E-state index in [1.165, 1.54) is 16.4 Å². The zero-order chi connectivity index (χ0) is 19.0.